The number of hydrogen-bond donors (Lipinski definition) is 0. The monoisotopic (exact) mass is 620 g/mol. The van der Waals surface area contributed by atoms with Crippen LogP contribution in [0.4, 0.5) is 0 Å². The lowest BCUT2D eigenvalue weighted by Gasteiger charge is -2.25. The predicted octanol–water partition coefficient (Wildman–Crippen LogP) is 5.33. The van der Waals surface area contributed by atoms with E-state index in [-0.39, 0.29) is 29.4 Å². The smallest absolute Gasteiger partial charge is 0.338 e. The van der Waals surface area contributed by atoms with Crippen LogP contribution in [0.5, 0.6) is 17.2 Å². The molecule has 10 heteroatoms. The Morgan fingerprint density at radius 3 is 2.45 bits per heavy atom. The fourth-order valence-corrected chi connectivity index (χ4v) is 5.82. The van der Waals surface area contributed by atoms with E-state index in [0.717, 1.165) is 30.6 Å². The summed E-state index contributed by atoms with van der Waals surface area (Å²) >= 11 is 1.25. The second kappa shape index (κ2) is 15.0. The van der Waals surface area contributed by atoms with Crippen molar-refractivity contribution in [3.63, 3.8) is 0 Å². The Labute approximate surface area is 261 Å². The van der Waals surface area contributed by atoms with E-state index >= 15 is 0 Å². The van der Waals surface area contributed by atoms with E-state index in [1.54, 1.807) is 25.1 Å². The third-order valence-electron chi connectivity index (χ3n) is 6.82. The molecule has 0 bridgehead atoms. The fraction of sp³-hybridized carbons (Fsp3) is 0.412. The molecule has 1 unspecified atom stereocenters. The lowest BCUT2D eigenvalue weighted by Crippen LogP contribution is -2.40. The number of unbranched alkanes of at least 4 members (excludes halogenated alkanes) is 2. The minimum atomic E-state index is -0.836. The highest BCUT2D eigenvalue weighted by Gasteiger charge is 2.34. The number of allylic oxidation sites excluding steroid dienone is 1. The van der Waals surface area contributed by atoms with Gasteiger partial charge in [-0.2, -0.15) is 0 Å². The molecule has 1 aliphatic heterocycles. The number of thiazole rings is 1. The zero-order valence-corrected chi connectivity index (χ0v) is 27.0. The summed E-state index contributed by atoms with van der Waals surface area (Å²) in [6, 6.07) is 11.8. The number of carbonyl (C=O) groups is 2. The van der Waals surface area contributed by atoms with Crippen molar-refractivity contribution >= 4 is 29.4 Å². The highest BCUT2D eigenvalue weighted by Crippen LogP contribution is 2.36. The highest BCUT2D eigenvalue weighted by molar-refractivity contribution is 7.07. The topological polar surface area (TPSA) is 105 Å². The van der Waals surface area contributed by atoms with Gasteiger partial charge in [0.15, 0.2) is 16.3 Å². The number of aromatic nitrogens is 1. The standard InChI is InChI=1S/C34H40N2O7S/c1-7-9-10-17-41-26-14-11-24(12-15-26)18-29-32(38)36-31(25-13-16-27(43-23(6)37)28(19-25)40-8-2)30(22(5)35-34(36)44-29)33(39)42-20-21(3)4/h11-16,18-19,21,31H,7-10,17,20H2,1-6H3/b29-18+. The van der Waals surface area contributed by atoms with Crippen LogP contribution >= 0.6 is 11.3 Å². The highest BCUT2D eigenvalue weighted by atomic mass is 32.1. The van der Waals surface area contributed by atoms with Crippen LogP contribution in [0.2, 0.25) is 0 Å². The quantitative estimate of drug-likeness (QED) is 0.145. The van der Waals surface area contributed by atoms with Gasteiger partial charge in [0.05, 0.1) is 41.7 Å². The molecule has 0 aliphatic carbocycles. The van der Waals surface area contributed by atoms with Crippen LogP contribution in [0.25, 0.3) is 6.08 Å². The maximum atomic E-state index is 14.0. The molecule has 0 radical (unpaired) electrons. The molecule has 234 valence electrons. The number of benzene rings is 2. The third kappa shape index (κ3) is 7.85. The van der Waals surface area contributed by atoms with E-state index in [0.29, 0.717) is 39.6 Å². The largest absolute Gasteiger partial charge is 0.494 e. The van der Waals surface area contributed by atoms with Crippen LogP contribution in [0.15, 0.2) is 63.5 Å². The number of ether oxygens (including phenoxy) is 4. The Bertz CT molecular complexity index is 1700. The molecule has 44 heavy (non-hydrogen) atoms. The maximum Gasteiger partial charge on any atom is 0.338 e. The molecule has 9 nitrogen and oxygen atoms in total. The van der Waals surface area contributed by atoms with Crippen molar-refractivity contribution in [3.05, 3.63) is 84.5 Å². The van der Waals surface area contributed by atoms with Gasteiger partial charge < -0.3 is 18.9 Å². The third-order valence-corrected chi connectivity index (χ3v) is 7.80. The first-order valence-corrected chi connectivity index (χ1v) is 15.8. The Kier molecular flexibility index (Phi) is 11.2. The van der Waals surface area contributed by atoms with Gasteiger partial charge in [0.25, 0.3) is 5.56 Å². The lowest BCUT2D eigenvalue weighted by atomic mass is 9.95. The number of carbonyl (C=O) groups excluding carboxylic acids is 2. The van der Waals surface area contributed by atoms with Gasteiger partial charge in [0, 0.05) is 6.92 Å². The summed E-state index contributed by atoms with van der Waals surface area (Å²) < 4.78 is 24.6. The minimum Gasteiger partial charge on any atom is -0.494 e. The van der Waals surface area contributed by atoms with E-state index in [1.165, 1.54) is 22.8 Å². The van der Waals surface area contributed by atoms with E-state index in [2.05, 4.69) is 11.9 Å². The van der Waals surface area contributed by atoms with Crippen LogP contribution in [-0.4, -0.2) is 36.3 Å². The average Bonchev–Trinajstić information content (AvgIpc) is 3.28. The summed E-state index contributed by atoms with van der Waals surface area (Å²) in [6.45, 7) is 12.1. The zero-order chi connectivity index (χ0) is 31.8. The van der Waals surface area contributed by atoms with Crippen LogP contribution in [-0.2, 0) is 14.3 Å². The molecule has 0 saturated carbocycles. The summed E-state index contributed by atoms with van der Waals surface area (Å²) in [5.74, 6) is 0.441. The number of esters is 2. The van der Waals surface area contributed by atoms with E-state index < -0.39 is 18.0 Å². The molecule has 4 rings (SSSR count). The minimum absolute atomic E-state index is 0.125. The molecular formula is C34H40N2O7S. The van der Waals surface area contributed by atoms with E-state index in [4.69, 9.17) is 18.9 Å². The molecule has 0 amide bonds. The van der Waals surface area contributed by atoms with E-state index in [1.807, 2.05) is 51.1 Å². The first-order valence-electron chi connectivity index (χ1n) is 15.0. The Hall–Kier alpha value is -4.18. The van der Waals surface area contributed by atoms with Gasteiger partial charge in [-0.25, -0.2) is 9.79 Å². The average molecular weight is 621 g/mol. The van der Waals surface area contributed by atoms with Crippen molar-refractivity contribution in [2.45, 2.75) is 66.8 Å². The van der Waals surface area contributed by atoms with Crippen molar-refractivity contribution in [1.29, 1.82) is 0 Å². The predicted molar refractivity (Wildman–Crippen MR) is 170 cm³/mol. The van der Waals surface area contributed by atoms with Crippen LogP contribution in [0, 0.1) is 5.92 Å². The SMILES string of the molecule is CCCCCOc1ccc(/C=c2/sc3n(c2=O)C(c2ccc(OC(C)=O)c(OCC)c2)C(C(=O)OCC(C)C)=C(C)N=3)cc1. The van der Waals surface area contributed by atoms with Crippen molar-refractivity contribution < 1.29 is 28.5 Å². The molecule has 2 aromatic carbocycles. The number of rotatable bonds is 13. The number of hydrogen-bond acceptors (Lipinski definition) is 9. The van der Waals surface area contributed by atoms with Crippen molar-refractivity contribution in [1.82, 2.24) is 4.57 Å². The summed E-state index contributed by atoms with van der Waals surface area (Å²) in [7, 11) is 0. The molecule has 2 heterocycles. The normalized spacial score (nSPS) is 14.7. The molecule has 0 fully saturated rings. The van der Waals surface area contributed by atoms with Crippen LogP contribution in [0.3, 0.4) is 0 Å². The van der Waals surface area contributed by atoms with Crippen LogP contribution in [0.1, 0.15) is 78.0 Å². The number of nitrogens with zero attached hydrogens (tertiary/aromatic N) is 2. The molecule has 1 aliphatic rings. The number of fused-ring (bicyclic) bond motifs is 1. The molecule has 1 aromatic heterocycles. The molecule has 0 spiro atoms. The Morgan fingerprint density at radius 1 is 1.05 bits per heavy atom. The van der Waals surface area contributed by atoms with Gasteiger partial charge in [-0.1, -0.05) is 63.1 Å². The molecule has 0 saturated heterocycles. The fourth-order valence-electron chi connectivity index (χ4n) is 4.77. The van der Waals surface area contributed by atoms with Crippen molar-refractivity contribution in [2.75, 3.05) is 19.8 Å². The zero-order valence-electron chi connectivity index (χ0n) is 26.2. The Morgan fingerprint density at radius 2 is 1.80 bits per heavy atom. The van der Waals surface area contributed by atoms with Gasteiger partial charge in [0.2, 0.25) is 0 Å². The molecule has 1 atom stereocenters. The van der Waals surface area contributed by atoms with E-state index in [9.17, 15) is 14.4 Å². The Balaban J connectivity index is 1.80. The van der Waals surface area contributed by atoms with Gasteiger partial charge >= 0.3 is 11.9 Å². The second-order valence-electron chi connectivity index (χ2n) is 10.9. The van der Waals surface area contributed by atoms with Crippen LogP contribution < -0.4 is 29.1 Å². The van der Waals surface area contributed by atoms with Crippen molar-refractivity contribution in [2.24, 2.45) is 10.9 Å². The van der Waals surface area contributed by atoms with Gasteiger partial charge in [-0.15, -0.1) is 0 Å². The maximum absolute atomic E-state index is 14.0. The summed E-state index contributed by atoms with van der Waals surface area (Å²) in [5, 5.41) is 0. The molecule has 0 N–H and O–H groups in total. The van der Waals surface area contributed by atoms with Gasteiger partial charge in [0.1, 0.15) is 5.75 Å². The molecule has 3 aromatic rings. The first-order chi connectivity index (χ1) is 21.1. The van der Waals surface area contributed by atoms with Gasteiger partial charge in [-0.3, -0.25) is 14.2 Å². The summed E-state index contributed by atoms with van der Waals surface area (Å²) in [5.41, 5.74) is 1.86. The lowest BCUT2D eigenvalue weighted by molar-refractivity contribution is -0.140. The summed E-state index contributed by atoms with van der Waals surface area (Å²) in [4.78, 5) is 44.4. The first kappa shape index (κ1) is 32.7. The molecular weight excluding hydrogens is 580 g/mol. The second-order valence-corrected chi connectivity index (χ2v) is 11.9. The van der Waals surface area contributed by atoms with Crippen molar-refractivity contribution in [3.8, 4) is 17.2 Å². The van der Waals surface area contributed by atoms with Gasteiger partial charge in [-0.05, 0) is 67.7 Å². The summed E-state index contributed by atoms with van der Waals surface area (Å²) in [6.07, 6.45) is 5.08.